The minimum absolute atomic E-state index is 0.0951. The average Bonchev–Trinajstić information content (AvgIpc) is 3.00. The fraction of sp³-hybridized carbons (Fsp3) is 0.250. The number of ketones is 1. The molecule has 2 amide bonds. The van der Waals surface area contributed by atoms with Gasteiger partial charge in [0.05, 0.1) is 16.7 Å². The van der Waals surface area contributed by atoms with Crippen molar-refractivity contribution in [3.05, 3.63) is 82.9 Å². The van der Waals surface area contributed by atoms with E-state index in [1.54, 1.807) is 12.1 Å². The SMILES string of the molecule is C=CCN1C(=O)c2ccc(C(=O)OCC(=O)c3ccc(CCCC)cc3)cc2C1=O. The number of carbonyl (C=O) groups is 4. The zero-order valence-corrected chi connectivity index (χ0v) is 16.8. The second-order valence-electron chi connectivity index (χ2n) is 7.07. The van der Waals surface area contributed by atoms with Crippen LogP contribution in [0.3, 0.4) is 0 Å². The van der Waals surface area contributed by atoms with Crippen LogP contribution in [0.15, 0.2) is 55.1 Å². The maximum absolute atomic E-state index is 12.4. The molecule has 30 heavy (non-hydrogen) atoms. The van der Waals surface area contributed by atoms with Gasteiger partial charge in [0.1, 0.15) is 0 Å². The van der Waals surface area contributed by atoms with Gasteiger partial charge < -0.3 is 4.74 Å². The van der Waals surface area contributed by atoms with Crippen molar-refractivity contribution in [3.8, 4) is 0 Å². The number of benzene rings is 2. The van der Waals surface area contributed by atoms with Crippen molar-refractivity contribution in [1.82, 2.24) is 4.90 Å². The van der Waals surface area contributed by atoms with Crippen molar-refractivity contribution in [1.29, 1.82) is 0 Å². The van der Waals surface area contributed by atoms with E-state index in [1.165, 1.54) is 24.3 Å². The topological polar surface area (TPSA) is 80.8 Å². The van der Waals surface area contributed by atoms with Gasteiger partial charge in [0, 0.05) is 12.1 Å². The van der Waals surface area contributed by atoms with E-state index in [2.05, 4.69) is 13.5 Å². The summed E-state index contributed by atoms with van der Waals surface area (Å²) in [6.07, 6.45) is 4.61. The Hall–Kier alpha value is -3.54. The van der Waals surface area contributed by atoms with Crippen LogP contribution in [0.4, 0.5) is 0 Å². The predicted molar refractivity (Wildman–Crippen MR) is 112 cm³/mol. The lowest BCUT2D eigenvalue weighted by Crippen LogP contribution is -2.29. The Morgan fingerprint density at radius 3 is 2.33 bits per heavy atom. The van der Waals surface area contributed by atoms with Gasteiger partial charge >= 0.3 is 5.97 Å². The van der Waals surface area contributed by atoms with Crippen molar-refractivity contribution in [3.63, 3.8) is 0 Å². The van der Waals surface area contributed by atoms with E-state index >= 15 is 0 Å². The van der Waals surface area contributed by atoms with Crippen molar-refractivity contribution in [2.75, 3.05) is 13.2 Å². The second-order valence-corrected chi connectivity index (χ2v) is 7.07. The van der Waals surface area contributed by atoms with Gasteiger partial charge in [-0.2, -0.15) is 0 Å². The minimum atomic E-state index is -0.729. The van der Waals surface area contributed by atoms with Crippen LogP contribution in [0, 0.1) is 0 Å². The summed E-state index contributed by atoms with van der Waals surface area (Å²) in [5.74, 6) is -1.95. The van der Waals surface area contributed by atoms with E-state index in [9.17, 15) is 19.2 Å². The summed E-state index contributed by atoms with van der Waals surface area (Å²) in [4.78, 5) is 50.3. The van der Waals surface area contributed by atoms with Crippen LogP contribution in [-0.2, 0) is 11.2 Å². The largest absolute Gasteiger partial charge is 0.454 e. The van der Waals surface area contributed by atoms with Crippen molar-refractivity contribution in [2.45, 2.75) is 26.2 Å². The van der Waals surface area contributed by atoms with Crippen LogP contribution >= 0.6 is 0 Å². The van der Waals surface area contributed by atoms with Crippen LogP contribution in [-0.4, -0.2) is 41.6 Å². The van der Waals surface area contributed by atoms with E-state index < -0.39 is 24.4 Å². The van der Waals surface area contributed by atoms with Gasteiger partial charge in [-0.1, -0.05) is 43.7 Å². The summed E-state index contributed by atoms with van der Waals surface area (Å²) in [6.45, 7) is 5.35. The molecule has 0 aliphatic carbocycles. The molecule has 0 fully saturated rings. The molecule has 6 heteroatoms. The fourth-order valence-corrected chi connectivity index (χ4v) is 3.25. The summed E-state index contributed by atoms with van der Waals surface area (Å²) >= 11 is 0. The molecule has 0 aromatic heterocycles. The number of ether oxygens (including phenoxy) is 1. The van der Waals surface area contributed by atoms with Crippen LogP contribution in [0.1, 0.15) is 66.8 Å². The normalized spacial score (nSPS) is 12.6. The monoisotopic (exact) mass is 405 g/mol. The molecule has 0 unspecified atom stereocenters. The number of aryl methyl sites for hydroxylation is 1. The predicted octanol–water partition coefficient (Wildman–Crippen LogP) is 3.85. The first-order chi connectivity index (χ1) is 14.5. The molecule has 154 valence electrons. The Bertz CT molecular complexity index is 1010. The highest BCUT2D eigenvalue weighted by atomic mass is 16.5. The van der Waals surface area contributed by atoms with Crippen molar-refractivity contribution < 1.29 is 23.9 Å². The highest BCUT2D eigenvalue weighted by Gasteiger charge is 2.35. The van der Waals surface area contributed by atoms with Gasteiger partial charge in [0.15, 0.2) is 12.4 Å². The van der Waals surface area contributed by atoms with E-state index in [0.717, 1.165) is 29.7 Å². The molecule has 1 heterocycles. The molecule has 1 aliphatic heterocycles. The van der Waals surface area contributed by atoms with Gasteiger partial charge in [-0.25, -0.2) is 4.79 Å². The van der Waals surface area contributed by atoms with E-state index in [-0.39, 0.29) is 29.0 Å². The maximum atomic E-state index is 12.4. The van der Waals surface area contributed by atoms with Crippen LogP contribution in [0.2, 0.25) is 0 Å². The van der Waals surface area contributed by atoms with Gasteiger partial charge in [-0.3, -0.25) is 19.3 Å². The quantitative estimate of drug-likeness (QED) is 0.274. The number of hydrogen-bond donors (Lipinski definition) is 0. The number of carbonyl (C=O) groups excluding carboxylic acids is 4. The zero-order chi connectivity index (χ0) is 21.7. The molecule has 0 atom stereocenters. The lowest BCUT2D eigenvalue weighted by Gasteiger charge is -2.09. The molecule has 0 saturated heterocycles. The van der Waals surface area contributed by atoms with E-state index in [0.29, 0.717) is 5.56 Å². The molecular formula is C24H23NO5. The summed E-state index contributed by atoms with van der Waals surface area (Å²) in [5.41, 5.74) is 2.12. The Labute approximate surface area is 175 Å². The minimum Gasteiger partial charge on any atom is -0.454 e. The van der Waals surface area contributed by atoms with Crippen LogP contribution < -0.4 is 0 Å². The van der Waals surface area contributed by atoms with Gasteiger partial charge in [0.2, 0.25) is 0 Å². The molecule has 0 spiro atoms. The molecule has 2 aromatic rings. The Morgan fingerprint density at radius 2 is 1.67 bits per heavy atom. The molecule has 0 N–H and O–H groups in total. The number of esters is 1. The van der Waals surface area contributed by atoms with Crippen LogP contribution in [0.25, 0.3) is 0 Å². The smallest absolute Gasteiger partial charge is 0.338 e. The lowest BCUT2D eigenvalue weighted by molar-refractivity contribution is 0.0474. The number of unbranched alkanes of at least 4 members (excludes halogenated alkanes) is 1. The van der Waals surface area contributed by atoms with Crippen molar-refractivity contribution >= 4 is 23.6 Å². The number of imide groups is 1. The molecule has 3 rings (SSSR count). The third-order valence-electron chi connectivity index (χ3n) is 4.95. The average molecular weight is 405 g/mol. The lowest BCUT2D eigenvalue weighted by atomic mass is 10.0. The van der Waals surface area contributed by atoms with Gasteiger partial charge in [-0.05, 0) is 36.6 Å². The second kappa shape index (κ2) is 9.31. The Kier molecular flexibility index (Phi) is 6.57. The number of fused-ring (bicyclic) bond motifs is 1. The molecule has 1 aliphatic rings. The standard InChI is InChI=1S/C24H23NO5/c1-3-5-6-16-7-9-17(10-8-16)21(26)15-30-24(29)18-11-12-19-20(14-18)23(28)25(13-4-2)22(19)27/h4,7-12,14H,2-3,5-6,13,15H2,1H3. The van der Waals surface area contributed by atoms with E-state index in [4.69, 9.17) is 4.74 Å². The fourth-order valence-electron chi connectivity index (χ4n) is 3.25. The highest BCUT2D eigenvalue weighted by Crippen LogP contribution is 2.24. The number of hydrogen-bond acceptors (Lipinski definition) is 5. The summed E-state index contributed by atoms with van der Waals surface area (Å²) in [5, 5.41) is 0. The molecular weight excluding hydrogens is 382 g/mol. The van der Waals surface area contributed by atoms with Gasteiger partial charge in [-0.15, -0.1) is 6.58 Å². The van der Waals surface area contributed by atoms with Crippen molar-refractivity contribution in [2.24, 2.45) is 0 Å². The summed E-state index contributed by atoms with van der Waals surface area (Å²) < 4.78 is 5.12. The summed E-state index contributed by atoms with van der Waals surface area (Å²) in [7, 11) is 0. The number of rotatable bonds is 9. The van der Waals surface area contributed by atoms with Gasteiger partial charge in [0.25, 0.3) is 11.8 Å². The number of nitrogens with zero attached hydrogens (tertiary/aromatic N) is 1. The Balaban J connectivity index is 1.63. The molecule has 0 radical (unpaired) electrons. The first kappa shape index (κ1) is 21.2. The number of amides is 2. The highest BCUT2D eigenvalue weighted by molar-refractivity contribution is 6.22. The number of Topliss-reactive ketones (excluding diaryl/α,β-unsaturated/α-hetero) is 1. The zero-order valence-electron chi connectivity index (χ0n) is 16.8. The third kappa shape index (κ3) is 4.38. The van der Waals surface area contributed by atoms with Crippen LogP contribution in [0.5, 0.6) is 0 Å². The molecule has 0 saturated carbocycles. The summed E-state index contributed by atoms with van der Waals surface area (Å²) in [6, 6.07) is 11.4. The maximum Gasteiger partial charge on any atom is 0.338 e. The Morgan fingerprint density at radius 1 is 1.00 bits per heavy atom. The first-order valence-corrected chi connectivity index (χ1v) is 9.86. The molecule has 0 bridgehead atoms. The molecule has 6 nitrogen and oxygen atoms in total. The van der Waals surface area contributed by atoms with E-state index in [1.807, 2.05) is 12.1 Å². The molecule has 2 aromatic carbocycles. The first-order valence-electron chi connectivity index (χ1n) is 9.86. The third-order valence-corrected chi connectivity index (χ3v) is 4.95.